The van der Waals surface area contributed by atoms with Crippen molar-refractivity contribution in [3.05, 3.63) is 0 Å². The second-order valence-corrected chi connectivity index (χ2v) is 3.62. The van der Waals surface area contributed by atoms with E-state index in [1.807, 2.05) is 6.92 Å². The highest BCUT2D eigenvalue weighted by Gasteiger charge is 2.38. The molecule has 0 atom stereocenters. The van der Waals surface area contributed by atoms with Crippen molar-refractivity contribution in [1.29, 1.82) is 0 Å². The monoisotopic (exact) mass is 187 g/mol. The molecule has 0 aromatic rings. The van der Waals surface area contributed by atoms with Crippen molar-refractivity contribution in [1.82, 2.24) is 0 Å². The van der Waals surface area contributed by atoms with Crippen LogP contribution in [0.5, 0.6) is 0 Å². The summed E-state index contributed by atoms with van der Waals surface area (Å²) in [5, 5.41) is 8.85. The molecule has 1 saturated carbocycles. The second-order valence-electron chi connectivity index (χ2n) is 3.62. The van der Waals surface area contributed by atoms with E-state index in [1.54, 1.807) is 0 Å². The van der Waals surface area contributed by atoms with Crippen LogP contribution in [0.3, 0.4) is 0 Å². The van der Waals surface area contributed by atoms with Crippen molar-refractivity contribution >= 4 is 5.97 Å². The van der Waals surface area contributed by atoms with Crippen molar-refractivity contribution < 1.29 is 14.6 Å². The maximum atomic E-state index is 10.8. The standard InChI is InChI=1S/C9H17NO3/c1-2-13-7-3-5-9(10,6-4-7)8(11)12/h7H,2-6,10H2,1H3,(H,11,12). The van der Waals surface area contributed by atoms with Gasteiger partial charge in [0.25, 0.3) is 0 Å². The number of hydrogen-bond acceptors (Lipinski definition) is 3. The normalized spacial score (nSPS) is 34.5. The van der Waals surface area contributed by atoms with Gasteiger partial charge in [-0.05, 0) is 32.6 Å². The number of aliphatic carboxylic acids is 1. The van der Waals surface area contributed by atoms with Crippen molar-refractivity contribution in [2.75, 3.05) is 6.61 Å². The fourth-order valence-corrected chi connectivity index (χ4v) is 1.72. The Morgan fingerprint density at radius 3 is 2.54 bits per heavy atom. The molecule has 0 heterocycles. The molecule has 1 fully saturated rings. The predicted octanol–water partition coefficient (Wildman–Crippen LogP) is 0.748. The molecule has 13 heavy (non-hydrogen) atoms. The molecule has 0 radical (unpaired) electrons. The van der Waals surface area contributed by atoms with Crippen LogP contribution in [-0.4, -0.2) is 29.3 Å². The van der Waals surface area contributed by atoms with Crippen LogP contribution >= 0.6 is 0 Å². The summed E-state index contributed by atoms with van der Waals surface area (Å²) in [5.41, 5.74) is 4.70. The molecule has 1 aliphatic carbocycles. The lowest BCUT2D eigenvalue weighted by Crippen LogP contribution is -2.51. The Morgan fingerprint density at radius 2 is 2.15 bits per heavy atom. The number of carboxylic acid groups (broad SMARTS) is 1. The summed E-state index contributed by atoms with van der Waals surface area (Å²) in [6.07, 6.45) is 2.77. The highest BCUT2D eigenvalue weighted by atomic mass is 16.5. The first kappa shape index (κ1) is 10.5. The van der Waals surface area contributed by atoms with Crippen LogP contribution in [0.2, 0.25) is 0 Å². The summed E-state index contributed by atoms with van der Waals surface area (Å²) < 4.78 is 5.41. The third-order valence-corrected chi connectivity index (χ3v) is 2.65. The second kappa shape index (κ2) is 4.07. The number of rotatable bonds is 3. The van der Waals surface area contributed by atoms with Crippen molar-refractivity contribution in [2.45, 2.75) is 44.2 Å². The Morgan fingerprint density at radius 1 is 1.62 bits per heavy atom. The Bertz CT molecular complexity index is 185. The van der Waals surface area contributed by atoms with Gasteiger partial charge in [0.05, 0.1) is 6.10 Å². The molecule has 0 bridgehead atoms. The zero-order chi connectivity index (χ0) is 9.90. The molecule has 0 aromatic heterocycles. The first-order valence-corrected chi connectivity index (χ1v) is 4.72. The third kappa shape index (κ3) is 2.42. The number of hydrogen-bond donors (Lipinski definition) is 2. The van der Waals surface area contributed by atoms with Gasteiger partial charge < -0.3 is 15.6 Å². The number of ether oxygens (including phenoxy) is 1. The van der Waals surface area contributed by atoms with E-state index >= 15 is 0 Å². The van der Waals surface area contributed by atoms with Crippen molar-refractivity contribution in [3.8, 4) is 0 Å². The van der Waals surface area contributed by atoms with E-state index in [4.69, 9.17) is 15.6 Å². The zero-order valence-electron chi connectivity index (χ0n) is 7.95. The molecular formula is C9H17NO3. The van der Waals surface area contributed by atoms with E-state index in [2.05, 4.69) is 0 Å². The van der Waals surface area contributed by atoms with Crippen LogP contribution in [0.4, 0.5) is 0 Å². The molecular weight excluding hydrogens is 170 g/mol. The van der Waals surface area contributed by atoms with Gasteiger partial charge >= 0.3 is 5.97 Å². The van der Waals surface area contributed by atoms with E-state index < -0.39 is 11.5 Å². The van der Waals surface area contributed by atoms with Crippen LogP contribution < -0.4 is 5.73 Å². The maximum Gasteiger partial charge on any atom is 0.323 e. The van der Waals surface area contributed by atoms with Gasteiger partial charge in [0.2, 0.25) is 0 Å². The first-order valence-electron chi connectivity index (χ1n) is 4.72. The summed E-state index contributed by atoms with van der Waals surface area (Å²) in [5.74, 6) is -0.887. The molecule has 3 N–H and O–H groups in total. The lowest BCUT2D eigenvalue weighted by Gasteiger charge is -2.33. The molecule has 1 aliphatic rings. The smallest absolute Gasteiger partial charge is 0.323 e. The quantitative estimate of drug-likeness (QED) is 0.683. The van der Waals surface area contributed by atoms with Gasteiger partial charge in [-0.25, -0.2) is 0 Å². The minimum absolute atomic E-state index is 0.209. The van der Waals surface area contributed by atoms with E-state index in [-0.39, 0.29) is 6.10 Å². The van der Waals surface area contributed by atoms with E-state index in [0.29, 0.717) is 19.4 Å². The minimum atomic E-state index is -1.01. The van der Waals surface area contributed by atoms with Gasteiger partial charge in [0.1, 0.15) is 5.54 Å². The van der Waals surface area contributed by atoms with Crippen LogP contribution in [0.25, 0.3) is 0 Å². The molecule has 0 unspecified atom stereocenters. The molecule has 0 saturated heterocycles. The largest absolute Gasteiger partial charge is 0.480 e. The van der Waals surface area contributed by atoms with Gasteiger partial charge in [-0.15, -0.1) is 0 Å². The zero-order valence-corrected chi connectivity index (χ0v) is 7.95. The van der Waals surface area contributed by atoms with Gasteiger partial charge in [-0.3, -0.25) is 4.79 Å². The number of carbonyl (C=O) groups is 1. The molecule has 76 valence electrons. The Labute approximate surface area is 78.1 Å². The molecule has 1 rings (SSSR count). The van der Waals surface area contributed by atoms with E-state index in [0.717, 1.165) is 12.8 Å². The SMILES string of the molecule is CCOC1CCC(N)(C(=O)O)CC1. The summed E-state index contributed by atoms with van der Waals surface area (Å²) in [4.78, 5) is 10.8. The average Bonchev–Trinajstić information content (AvgIpc) is 2.09. The molecule has 0 amide bonds. The van der Waals surface area contributed by atoms with Crippen molar-refractivity contribution in [3.63, 3.8) is 0 Å². The van der Waals surface area contributed by atoms with Gasteiger partial charge in [0.15, 0.2) is 0 Å². The highest BCUT2D eigenvalue weighted by Crippen LogP contribution is 2.28. The number of carboxylic acids is 1. The lowest BCUT2D eigenvalue weighted by molar-refractivity contribution is -0.145. The maximum absolute atomic E-state index is 10.8. The van der Waals surface area contributed by atoms with Gasteiger partial charge in [-0.2, -0.15) is 0 Å². The Balaban J connectivity index is 2.42. The minimum Gasteiger partial charge on any atom is -0.480 e. The summed E-state index contributed by atoms with van der Waals surface area (Å²) in [6.45, 7) is 2.64. The lowest BCUT2D eigenvalue weighted by atomic mass is 9.81. The van der Waals surface area contributed by atoms with Crippen LogP contribution in [0.15, 0.2) is 0 Å². The van der Waals surface area contributed by atoms with Crippen LogP contribution in [0, 0.1) is 0 Å². The highest BCUT2D eigenvalue weighted by molar-refractivity contribution is 5.78. The topological polar surface area (TPSA) is 72.5 Å². The summed E-state index contributed by atoms with van der Waals surface area (Å²) >= 11 is 0. The Hall–Kier alpha value is -0.610. The first-order chi connectivity index (χ1) is 6.08. The third-order valence-electron chi connectivity index (χ3n) is 2.65. The van der Waals surface area contributed by atoms with Crippen LogP contribution in [-0.2, 0) is 9.53 Å². The van der Waals surface area contributed by atoms with E-state index in [1.165, 1.54) is 0 Å². The van der Waals surface area contributed by atoms with Crippen molar-refractivity contribution in [2.24, 2.45) is 5.73 Å². The fourth-order valence-electron chi connectivity index (χ4n) is 1.72. The van der Waals surface area contributed by atoms with Gasteiger partial charge in [-0.1, -0.05) is 0 Å². The number of nitrogens with two attached hydrogens (primary N) is 1. The molecule has 4 nitrogen and oxygen atoms in total. The molecule has 0 aliphatic heterocycles. The molecule has 4 heteroatoms. The molecule has 0 aromatic carbocycles. The summed E-state index contributed by atoms with van der Waals surface area (Å²) in [6, 6.07) is 0. The average molecular weight is 187 g/mol. The van der Waals surface area contributed by atoms with Crippen LogP contribution in [0.1, 0.15) is 32.6 Å². The Kier molecular flexibility index (Phi) is 3.27. The molecule has 0 spiro atoms. The predicted molar refractivity (Wildman–Crippen MR) is 48.4 cm³/mol. The summed E-state index contributed by atoms with van der Waals surface area (Å²) in [7, 11) is 0. The van der Waals surface area contributed by atoms with Gasteiger partial charge in [0, 0.05) is 6.61 Å². The fraction of sp³-hybridized carbons (Fsp3) is 0.889. The van der Waals surface area contributed by atoms with E-state index in [9.17, 15) is 4.79 Å².